The molecule has 0 saturated carbocycles. The topological polar surface area (TPSA) is 62.7 Å². The van der Waals surface area contributed by atoms with E-state index in [1.54, 1.807) is 6.20 Å². The van der Waals surface area contributed by atoms with Gasteiger partial charge in [-0.05, 0) is 36.6 Å². The van der Waals surface area contributed by atoms with Crippen molar-refractivity contribution in [2.45, 2.75) is 26.7 Å². The number of para-hydroxylation sites is 1. The van der Waals surface area contributed by atoms with Crippen LogP contribution < -0.4 is 10.6 Å². The monoisotopic (exact) mass is 319 g/mol. The summed E-state index contributed by atoms with van der Waals surface area (Å²) in [7, 11) is 0. The van der Waals surface area contributed by atoms with Crippen molar-refractivity contribution in [1.82, 2.24) is 15.2 Å². The van der Waals surface area contributed by atoms with Crippen LogP contribution in [0.5, 0.6) is 0 Å². The number of hydrogen-bond acceptors (Lipinski definition) is 5. The zero-order valence-corrected chi connectivity index (χ0v) is 14.1. The van der Waals surface area contributed by atoms with E-state index in [1.807, 2.05) is 42.5 Å². The Labute approximate surface area is 142 Å². The first kappa shape index (κ1) is 15.9. The molecule has 2 aromatic carbocycles. The predicted octanol–water partition coefficient (Wildman–Crippen LogP) is 4.79. The molecule has 24 heavy (non-hydrogen) atoms. The Kier molecular flexibility index (Phi) is 4.70. The van der Waals surface area contributed by atoms with Crippen LogP contribution in [0.4, 0.5) is 23.1 Å². The van der Waals surface area contributed by atoms with Gasteiger partial charge in [-0.25, -0.2) is 0 Å². The summed E-state index contributed by atoms with van der Waals surface area (Å²) in [4.78, 5) is 4.49. The van der Waals surface area contributed by atoms with Crippen LogP contribution in [0.2, 0.25) is 0 Å². The first-order chi connectivity index (χ1) is 11.6. The number of nitrogens with zero attached hydrogens (tertiary/aromatic N) is 3. The lowest BCUT2D eigenvalue weighted by molar-refractivity contribution is 0.868. The lowest BCUT2D eigenvalue weighted by Gasteiger charge is -2.14. The standard InChI is InChI=1S/C19H21N5/c1-13(2)16-6-4-5-7-17(16)22-18-12-20-24-19(23-18)21-15-10-8-14(3)9-11-15/h4-13H,1-3H3,(H2,21,22,23,24). The Hall–Kier alpha value is -2.95. The third-order valence-electron chi connectivity index (χ3n) is 3.71. The average molecular weight is 319 g/mol. The van der Waals surface area contributed by atoms with Gasteiger partial charge in [0.05, 0.1) is 6.20 Å². The number of aromatic nitrogens is 3. The van der Waals surface area contributed by atoms with E-state index in [2.05, 4.69) is 52.7 Å². The van der Waals surface area contributed by atoms with Crippen LogP contribution in [0.25, 0.3) is 0 Å². The number of rotatable bonds is 5. The number of hydrogen-bond donors (Lipinski definition) is 2. The van der Waals surface area contributed by atoms with E-state index >= 15 is 0 Å². The van der Waals surface area contributed by atoms with Crippen molar-refractivity contribution in [3.8, 4) is 0 Å². The highest BCUT2D eigenvalue weighted by Crippen LogP contribution is 2.26. The van der Waals surface area contributed by atoms with Crippen LogP contribution in [0.3, 0.4) is 0 Å². The Bertz CT molecular complexity index is 812. The van der Waals surface area contributed by atoms with Gasteiger partial charge in [-0.2, -0.15) is 10.1 Å². The summed E-state index contributed by atoms with van der Waals surface area (Å²) in [6.07, 6.45) is 1.62. The van der Waals surface area contributed by atoms with Crippen LogP contribution in [-0.2, 0) is 0 Å². The van der Waals surface area contributed by atoms with Gasteiger partial charge in [0.2, 0.25) is 5.95 Å². The molecule has 3 rings (SSSR count). The molecule has 5 nitrogen and oxygen atoms in total. The Morgan fingerprint density at radius 2 is 1.67 bits per heavy atom. The molecule has 2 N–H and O–H groups in total. The SMILES string of the molecule is Cc1ccc(Nc2nncc(Nc3ccccc3C(C)C)n2)cc1. The third kappa shape index (κ3) is 3.87. The molecule has 0 atom stereocenters. The van der Waals surface area contributed by atoms with E-state index in [0.29, 0.717) is 17.7 Å². The lowest BCUT2D eigenvalue weighted by atomic mass is 10.0. The fourth-order valence-electron chi connectivity index (χ4n) is 2.44. The van der Waals surface area contributed by atoms with E-state index < -0.39 is 0 Å². The summed E-state index contributed by atoms with van der Waals surface area (Å²) < 4.78 is 0. The zero-order chi connectivity index (χ0) is 16.9. The molecular formula is C19H21N5. The van der Waals surface area contributed by atoms with Gasteiger partial charge in [0, 0.05) is 11.4 Å². The first-order valence-electron chi connectivity index (χ1n) is 8.01. The highest BCUT2D eigenvalue weighted by molar-refractivity contribution is 5.62. The maximum atomic E-state index is 4.49. The third-order valence-corrected chi connectivity index (χ3v) is 3.71. The summed E-state index contributed by atoms with van der Waals surface area (Å²) in [5.74, 6) is 1.55. The normalized spacial score (nSPS) is 10.7. The van der Waals surface area contributed by atoms with Crippen molar-refractivity contribution in [1.29, 1.82) is 0 Å². The molecule has 0 aliphatic rings. The second-order valence-electron chi connectivity index (χ2n) is 6.02. The molecule has 122 valence electrons. The van der Waals surface area contributed by atoms with Gasteiger partial charge >= 0.3 is 0 Å². The molecule has 0 saturated heterocycles. The van der Waals surface area contributed by atoms with Gasteiger partial charge in [0.25, 0.3) is 0 Å². The van der Waals surface area contributed by atoms with Crippen LogP contribution >= 0.6 is 0 Å². The molecule has 0 spiro atoms. The molecule has 0 bridgehead atoms. The molecular weight excluding hydrogens is 298 g/mol. The minimum Gasteiger partial charge on any atom is -0.339 e. The Morgan fingerprint density at radius 3 is 2.42 bits per heavy atom. The molecule has 0 aliphatic heterocycles. The van der Waals surface area contributed by atoms with E-state index in [1.165, 1.54) is 11.1 Å². The van der Waals surface area contributed by atoms with E-state index in [9.17, 15) is 0 Å². The maximum absolute atomic E-state index is 4.49. The van der Waals surface area contributed by atoms with Crippen molar-refractivity contribution >= 4 is 23.1 Å². The first-order valence-corrected chi connectivity index (χ1v) is 8.01. The Balaban J connectivity index is 1.80. The minimum atomic E-state index is 0.425. The molecule has 0 fully saturated rings. The van der Waals surface area contributed by atoms with Crippen molar-refractivity contribution in [3.05, 3.63) is 65.9 Å². The van der Waals surface area contributed by atoms with Crippen molar-refractivity contribution < 1.29 is 0 Å². The summed E-state index contributed by atoms with van der Waals surface area (Å²) in [6.45, 7) is 6.39. The van der Waals surface area contributed by atoms with Crippen molar-refractivity contribution in [2.75, 3.05) is 10.6 Å². The highest BCUT2D eigenvalue weighted by atomic mass is 15.3. The van der Waals surface area contributed by atoms with Gasteiger partial charge in [-0.15, -0.1) is 5.10 Å². The quantitative estimate of drug-likeness (QED) is 0.708. The van der Waals surface area contributed by atoms with Crippen LogP contribution in [0, 0.1) is 6.92 Å². The molecule has 5 heteroatoms. The average Bonchev–Trinajstić information content (AvgIpc) is 2.58. The number of anilines is 4. The fourth-order valence-corrected chi connectivity index (χ4v) is 2.44. The lowest BCUT2D eigenvalue weighted by Crippen LogP contribution is -2.04. The van der Waals surface area contributed by atoms with Crippen LogP contribution in [0.15, 0.2) is 54.7 Å². The summed E-state index contributed by atoms with van der Waals surface area (Å²) in [5.41, 5.74) is 4.42. The fraction of sp³-hybridized carbons (Fsp3) is 0.211. The van der Waals surface area contributed by atoms with Gasteiger partial charge in [-0.1, -0.05) is 49.7 Å². The summed E-state index contributed by atoms with van der Waals surface area (Å²) >= 11 is 0. The van der Waals surface area contributed by atoms with Gasteiger partial charge in [0.1, 0.15) is 0 Å². The molecule has 1 heterocycles. The summed E-state index contributed by atoms with van der Waals surface area (Å²) in [5, 5.41) is 14.6. The van der Waals surface area contributed by atoms with Gasteiger partial charge < -0.3 is 10.6 Å². The number of benzene rings is 2. The largest absolute Gasteiger partial charge is 0.339 e. The predicted molar refractivity (Wildman–Crippen MR) is 98.1 cm³/mol. The van der Waals surface area contributed by atoms with E-state index in [-0.39, 0.29) is 0 Å². The molecule has 0 amide bonds. The number of aryl methyl sites for hydroxylation is 1. The molecule has 3 aromatic rings. The number of nitrogens with one attached hydrogen (secondary N) is 2. The Morgan fingerprint density at radius 1 is 0.917 bits per heavy atom. The highest BCUT2D eigenvalue weighted by Gasteiger charge is 2.08. The zero-order valence-electron chi connectivity index (χ0n) is 14.1. The van der Waals surface area contributed by atoms with E-state index in [0.717, 1.165) is 11.4 Å². The van der Waals surface area contributed by atoms with E-state index in [4.69, 9.17) is 0 Å². The second kappa shape index (κ2) is 7.08. The summed E-state index contributed by atoms with van der Waals surface area (Å²) in [6, 6.07) is 16.3. The van der Waals surface area contributed by atoms with Gasteiger partial charge in [-0.3, -0.25) is 0 Å². The smallest absolute Gasteiger partial charge is 0.249 e. The molecule has 0 radical (unpaired) electrons. The minimum absolute atomic E-state index is 0.425. The second-order valence-corrected chi connectivity index (χ2v) is 6.02. The maximum Gasteiger partial charge on any atom is 0.249 e. The molecule has 0 aliphatic carbocycles. The molecule has 0 unspecified atom stereocenters. The van der Waals surface area contributed by atoms with Crippen molar-refractivity contribution in [3.63, 3.8) is 0 Å². The molecule has 1 aromatic heterocycles. The van der Waals surface area contributed by atoms with Crippen LogP contribution in [-0.4, -0.2) is 15.2 Å². The van der Waals surface area contributed by atoms with Crippen LogP contribution in [0.1, 0.15) is 30.9 Å². The van der Waals surface area contributed by atoms with Crippen molar-refractivity contribution in [2.24, 2.45) is 0 Å². The van der Waals surface area contributed by atoms with Gasteiger partial charge in [0.15, 0.2) is 5.82 Å².